The van der Waals surface area contributed by atoms with E-state index in [-0.39, 0.29) is 11.9 Å². The summed E-state index contributed by atoms with van der Waals surface area (Å²) in [5, 5.41) is 0.792. The molecule has 6 heteroatoms. The number of carbonyl (C=O) groups is 1. The standard InChI is InChI=1S/C22H20N2O3S/c1-26-17-10-8-14(11-18(17)27-2)21-16-9-7-13-5-3-4-6-15(13)20(16)23-22-24(21)19(25)12-28-22/h3-6,8,10-11,21H,7,9,12H2,1-2H3/t21-/m0/s1. The van der Waals surface area contributed by atoms with Crippen LogP contribution in [0.4, 0.5) is 0 Å². The van der Waals surface area contributed by atoms with Crippen LogP contribution in [0.5, 0.6) is 11.5 Å². The Balaban J connectivity index is 1.70. The highest BCUT2D eigenvalue weighted by Crippen LogP contribution is 2.48. The first-order chi connectivity index (χ1) is 13.7. The van der Waals surface area contributed by atoms with Crippen molar-refractivity contribution < 1.29 is 14.3 Å². The molecule has 5 nitrogen and oxygen atoms in total. The van der Waals surface area contributed by atoms with Crippen LogP contribution in [0.15, 0.2) is 53.0 Å². The number of aryl methyl sites for hydroxylation is 1. The summed E-state index contributed by atoms with van der Waals surface area (Å²) in [7, 11) is 3.26. The van der Waals surface area contributed by atoms with Gasteiger partial charge < -0.3 is 9.47 Å². The maximum Gasteiger partial charge on any atom is 0.239 e. The molecule has 0 radical (unpaired) electrons. The van der Waals surface area contributed by atoms with Crippen LogP contribution in [0.2, 0.25) is 0 Å². The molecule has 0 unspecified atom stereocenters. The number of hydrogen-bond acceptors (Lipinski definition) is 5. The van der Waals surface area contributed by atoms with Crippen LogP contribution < -0.4 is 9.47 Å². The smallest absolute Gasteiger partial charge is 0.239 e. The van der Waals surface area contributed by atoms with Gasteiger partial charge in [0, 0.05) is 5.56 Å². The number of nitrogens with zero attached hydrogens (tertiary/aromatic N) is 2. The van der Waals surface area contributed by atoms with Gasteiger partial charge in [-0.15, -0.1) is 0 Å². The molecule has 1 fully saturated rings. The summed E-state index contributed by atoms with van der Waals surface area (Å²) >= 11 is 1.52. The molecule has 3 aliphatic rings. The number of amidine groups is 1. The molecule has 1 atom stereocenters. The average Bonchev–Trinajstić information content (AvgIpc) is 3.12. The molecule has 2 aromatic rings. The van der Waals surface area contributed by atoms with E-state index in [1.54, 1.807) is 14.2 Å². The van der Waals surface area contributed by atoms with Crippen LogP contribution in [0, 0.1) is 0 Å². The molecule has 2 aliphatic heterocycles. The minimum absolute atomic E-state index is 0.106. The van der Waals surface area contributed by atoms with Crippen molar-refractivity contribution in [3.05, 3.63) is 64.7 Å². The normalized spacial score (nSPS) is 20.4. The molecule has 0 aromatic heterocycles. The zero-order valence-corrected chi connectivity index (χ0v) is 16.6. The Kier molecular flexibility index (Phi) is 4.16. The van der Waals surface area contributed by atoms with Crippen molar-refractivity contribution in [2.24, 2.45) is 4.99 Å². The van der Waals surface area contributed by atoms with Gasteiger partial charge in [0.15, 0.2) is 16.7 Å². The number of fused-ring (bicyclic) bond motifs is 3. The second-order valence-corrected chi connectivity index (χ2v) is 7.94. The van der Waals surface area contributed by atoms with Gasteiger partial charge in [-0.05, 0) is 41.7 Å². The van der Waals surface area contributed by atoms with Gasteiger partial charge in [0.2, 0.25) is 5.91 Å². The fraction of sp³-hybridized carbons (Fsp3) is 0.273. The van der Waals surface area contributed by atoms with Gasteiger partial charge in [0.05, 0.1) is 31.7 Å². The number of amides is 1. The molecule has 1 amide bonds. The van der Waals surface area contributed by atoms with Crippen molar-refractivity contribution in [3.63, 3.8) is 0 Å². The van der Waals surface area contributed by atoms with Crippen molar-refractivity contribution in [2.75, 3.05) is 20.0 Å². The van der Waals surface area contributed by atoms with Crippen LogP contribution in [-0.4, -0.2) is 35.9 Å². The Morgan fingerprint density at radius 1 is 1.07 bits per heavy atom. The predicted molar refractivity (Wildman–Crippen MR) is 111 cm³/mol. The van der Waals surface area contributed by atoms with Crippen LogP contribution in [-0.2, 0) is 11.2 Å². The average molecular weight is 392 g/mol. The molecule has 1 aliphatic carbocycles. The van der Waals surface area contributed by atoms with Crippen LogP contribution in [0.1, 0.15) is 29.2 Å². The van der Waals surface area contributed by atoms with Crippen molar-refractivity contribution in [1.29, 1.82) is 0 Å². The Morgan fingerprint density at radius 3 is 2.71 bits per heavy atom. The van der Waals surface area contributed by atoms with Gasteiger partial charge in [0.25, 0.3) is 0 Å². The molecule has 5 rings (SSSR count). The summed E-state index contributed by atoms with van der Waals surface area (Å²) in [6.45, 7) is 0. The first kappa shape index (κ1) is 17.4. The van der Waals surface area contributed by atoms with E-state index >= 15 is 0 Å². The van der Waals surface area contributed by atoms with Crippen LogP contribution in [0.3, 0.4) is 0 Å². The second-order valence-electron chi connectivity index (χ2n) is 6.99. The van der Waals surface area contributed by atoms with Crippen LogP contribution in [0.25, 0.3) is 5.70 Å². The largest absolute Gasteiger partial charge is 0.493 e. The SMILES string of the molecule is COc1ccc([C@H]2C3=C(N=C4SCC(=O)N42)c2ccccc2CC3)cc1OC. The lowest BCUT2D eigenvalue weighted by Crippen LogP contribution is -2.38. The number of thioether (sulfide) groups is 1. The molecule has 2 heterocycles. The zero-order chi connectivity index (χ0) is 19.3. The number of carbonyl (C=O) groups excluding carboxylic acids is 1. The highest BCUT2D eigenvalue weighted by atomic mass is 32.2. The van der Waals surface area contributed by atoms with E-state index in [1.165, 1.54) is 28.5 Å². The molecule has 1 saturated heterocycles. The number of methoxy groups -OCH3 is 2. The number of ether oxygens (including phenoxy) is 2. The highest BCUT2D eigenvalue weighted by Gasteiger charge is 2.42. The molecule has 2 aromatic carbocycles. The summed E-state index contributed by atoms with van der Waals surface area (Å²) in [6, 6.07) is 14.2. The molecule has 0 N–H and O–H groups in total. The topological polar surface area (TPSA) is 51.1 Å². The molecule has 142 valence electrons. The third-order valence-electron chi connectivity index (χ3n) is 5.56. The van der Waals surface area contributed by atoms with Crippen LogP contribution >= 0.6 is 11.8 Å². The maximum atomic E-state index is 12.7. The Bertz CT molecular complexity index is 1040. The Hall–Kier alpha value is -2.73. The minimum Gasteiger partial charge on any atom is -0.493 e. The summed E-state index contributed by atoms with van der Waals surface area (Å²) in [6.07, 6.45) is 1.84. The number of hydrogen-bond donors (Lipinski definition) is 0. The lowest BCUT2D eigenvalue weighted by atomic mass is 9.82. The lowest BCUT2D eigenvalue weighted by Gasteiger charge is -2.37. The van der Waals surface area contributed by atoms with Gasteiger partial charge in [-0.1, -0.05) is 42.1 Å². The van der Waals surface area contributed by atoms with Gasteiger partial charge in [-0.3, -0.25) is 9.69 Å². The van der Waals surface area contributed by atoms with E-state index < -0.39 is 0 Å². The van der Waals surface area contributed by atoms with Crippen molar-refractivity contribution in [1.82, 2.24) is 4.90 Å². The van der Waals surface area contributed by atoms with E-state index in [9.17, 15) is 4.79 Å². The molecule has 0 spiro atoms. The monoisotopic (exact) mass is 392 g/mol. The van der Waals surface area contributed by atoms with Gasteiger partial charge in [0.1, 0.15) is 0 Å². The summed E-state index contributed by atoms with van der Waals surface area (Å²) in [5.74, 6) is 1.89. The van der Waals surface area contributed by atoms with Gasteiger partial charge in [-0.2, -0.15) is 0 Å². The quantitative estimate of drug-likeness (QED) is 0.791. The van der Waals surface area contributed by atoms with Gasteiger partial charge in [-0.25, -0.2) is 4.99 Å². The molecule has 0 saturated carbocycles. The maximum absolute atomic E-state index is 12.7. The number of aliphatic imine (C=N–C) groups is 1. The van der Waals surface area contributed by atoms with E-state index in [2.05, 4.69) is 24.3 Å². The Labute approximate surface area is 168 Å². The summed E-state index contributed by atoms with van der Waals surface area (Å²) < 4.78 is 10.9. The van der Waals surface area contributed by atoms with E-state index in [4.69, 9.17) is 14.5 Å². The number of benzene rings is 2. The highest BCUT2D eigenvalue weighted by molar-refractivity contribution is 8.15. The summed E-state index contributed by atoms with van der Waals surface area (Å²) in [4.78, 5) is 19.5. The van der Waals surface area contributed by atoms with E-state index in [1.807, 2.05) is 23.1 Å². The lowest BCUT2D eigenvalue weighted by molar-refractivity contribution is -0.125. The fourth-order valence-corrected chi connectivity index (χ4v) is 5.16. The third kappa shape index (κ3) is 2.55. The second kappa shape index (κ2) is 6.71. The molecule has 28 heavy (non-hydrogen) atoms. The van der Waals surface area contributed by atoms with E-state index in [0.29, 0.717) is 17.3 Å². The Morgan fingerprint density at radius 2 is 1.89 bits per heavy atom. The van der Waals surface area contributed by atoms with Crippen molar-refractivity contribution in [3.8, 4) is 11.5 Å². The summed E-state index contributed by atoms with van der Waals surface area (Å²) in [5.41, 5.74) is 5.74. The molecule has 0 bridgehead atoms. The first-order valence-electron chi connectivity index (χ1n) is 9.28. The number of rotatable bonds is 3. The predicted octanol–water partition coefficient (Wildman–Crippen LogP) is 4.05. The zero-order valence-electron chi connectivity index (χ0n) is 15.8. The molecular weight excluding hydrogens is 372 g/mol. The fourth-order valence-electron chi connectivity index (χ4n) is 4.27. The minimum atomic E-state index is -0.154. The van der Waals surface area contributed by atoms with Crippen molar-refractivity contribution >= 4 is 28.5 Å². The third-order valence-corrected chi connectivity index (χ3v) is 6.50. The first-order valence-corrected chi connectivity index (χ1v) is 10.3. The van der Waals surface area contributed by atoms with E-state index in [0.717, 1.165) is 29.3 Å². The van der Waals surface area contributed by atoms with Gasteiger partial charge >= 0.3 is 0 Å². The van der Waals surface area contributed by atoms with Crippen molar-refractivity contribution in [2.45, 2.75) is 18.9 Å². The molecular formula is C22H20N2O3S.